The molecule has 0 N–H and O–H groups in total. The van der Waals surface area contributed by atoms with Crippen LogP contribution in [0.2, 0.25) is 0 Å². The molecule has 1 aliphatic rings. The average molecular weight is 230 g/mol. The zero-order valence-electron chi connectivity index (χ0n) is 10.7. The van der Waals surface area contributed by atoms with Gasteiger partial charge in [-0.15, -0.1) is 0 Å². The van der Waals surface area contributed by atoms with Gasteiger partial charge in [0, 0.05) is 14.1 Å². The fourth-order valence-electron chi connectivity index (χ4n) is 2.92. The Morgan fingerprint density at radius 3 is 2.29 bits per heavy atom. The molecule has 0 aromatic heterocycles. The standard InChI is InChI=1S/C15H20NO/c1-16(2)14(17)15(11-7-4-8-12-15)13-9-5-3-6-10-13/h5-6,9-10H,4,7-8,11-12H2,1-2H3. The molecule has 1 amide bonds. The lowest BCUT2D eigenvalue weighted by Gasteiger charge is -2.38. The summed E-state index contributed by atoms with van der Waals surface area (Å²) in [5.41, 5.74) is 0.881. The van der Waals surface area contributed by atoms with Crippen molar-refractivity contribution in [1.82, 2.24) is 4.90 Å². The largest absolute Gasteiger partial charge is 0.348 e. The summed E-state index contributed by atoms with van der Waals surface area (Å²) in [5.74, 6) is 0.253. The number of carbonyl (C=O) groups excluding carboxylic acids is 1. The van der Waals surface area contributed by atoms with Crippen molar-refractivity contribution in [2.75, 3.05) is 14.1 Å². The zero-order valence-corrected chi connectivity index (χ0v) is 10.7. The van der Waals surface area contributed by atoms with E-state index in [1.807, 2.05) is 38.4 Å². The molecule has 1 aromatic rings. The second-order valence-corrected chi connectivity index (χ2v) is 5.13. The summed E-state index contributed by atoms with van der Waals surface area (Å²) < 4.78 is 0. The summed E-state index contributed by atoms with van der Waals surface area (Å²) in [4.78, 5) is 14.3. The minimum absolute atomic E-state index is 0.253. The molecule has 1 radical (unpaired) electrons. The van der Waals surface area contributed by atoms with Crippen LogP contribution in [-0.2, 0) is 10.2 Å². The van der Waals surface area contributed by atoms with E-state index in [9.17, 15) is 4.79 Å². The normalized spacial score (nSPS) is 18.7. The number of hydrogen-bond acceptors (Lipinski definition) is 1. The van der Waals surface area contributed by atoms with E-state index in [2.05, 4.69) is 6.07 Å². The highest BCUT2D eigenvalue weighted by molar-refractivity contribution is 5.88. The van der Waals surface area contributed by atoms with E-state index in [1.165, 1.54) is 6.42 Å². The van der Waals surface area contributed by atoms with E-state index in [0.717, 1.165) is 31.2 Å². The maximum atomic E-state index is 12.5. The molecular formula is C15H20NO. The van der Waals surface area contributed by atoms with Crippen LogP contribution in [0.3, 0.4) is 0 Å². The Kier molecular flexibility index (Phi) is 3.51. The van der Waals surface area contributed by atoms with Gasteiger partial charge in [-0.1, -0.05) is 43.5 Å². The van der Waals surface area contributed by atoms with Crippen molar-refractivity contribution in [2.45, 2.75) is 37.5 Å². The Hall–Kier alpha value is -1.31. The molecule has 0 atom stereocenters. The molecule has 0 aliphatic heterocycles. The Bertz CT molecular complexity index is 377. The summed E-state index contributed by atoms with van der Waals surface area (Å²) in [6, 6.07) is 11.0. The molecule has 0 saturated heterocycles. The van der Waals surface area contributed by atoms with Gasteiger partial charge in [0.15, 0.2) is 0 Å². The topological polar surface area (TPSA) is 20.3 Å². The van der Waals surface area contributed by atoms with Crippen molar-refractivity contribution in [1.29, 1.82) is 0 Å². The number of carbonyl (C=O) groups is 1. The first-order valence-electron chi connectivity index (χ1n) is 6.35. The molecule has 0 unspecified atom stereocenters. The van der Waals surface area contributed by atoms with Crippen molar-refractivity contribution in [2.24, 2.45) is 0 Å². The second kappa shape index (κ2) is 4.91. The molecule has 1 aromatic carbocycles. The van der Waals surface area contributed by atoms with Crippen molar-refractivity contribution in [3.8, 4) is 0 Å². The smallest absolute Gasteiger partial charge is 0.232 e. The van der Waals surface area contributed by atoms with Gasteiger partial charge in [0.25, 0.3) is 0 Å². The van der Waals surface area contributed by atoms with Crippen LogP contribution >= 0.6 is 0 Å². The predicted molar refractivity (Wildman–Crippen MR) is 68.7 cm³/mol. The molecule has 17 heavy (non-hydrogen) atoms. The lowest BCUT2D eigenvalue weighted by Crippen LogP contribution is -2.45. The first kappa shape index (κ1) is 12.2. The quantitative estimate of drug-likeness (QED) is 0.765. The second-order valence-electron chi connectivity index (χ2n) is 5.13. The first-order valence-corrected chi connectivity index (χ1v) is 6.35. The number of hydrogen-bond donors (Lipinski definition) is 0. The van der Waals surface area contributed by atoms with Crippen LogP contribution < -0.4 is 0 Å². The molecule has 2 heteroatoms. The molecule has 0 spiro atoms. The number of nitrogens with zero attached hydrogens (tertiary/aromatic N) is 1. The molecule has 1 aliphatic carbocycles. The van der Waals surface area contributed by atoms with Crippen molar-refractivity contribution in [3.63, 3.8) is 0 Å². The third-order valence-corrected chi connectivity index (χ3v) is 3.79. The van der Waals surface area contributed by atoms with Crippen molar-refractivity contribution in [3.05, 3.63) is 35.9 Å². The third kappa shape index (κ3) is 2.21. The van der Waals surface area contributed by atoms with Crippen LogP contribution in [-0.4, -0.2) is 24.9 Å². The molecule has 0 heterocycles. The highest BCUT2D eigenvalue weighted by Gasteiger charge is 2.41. The van der Waals surface area contributed by atoms with E-state index in [4.69, 9.17) is 0 Å². The number of benzene rings is 1. The highest BCUT2D eigenvalue weighted by Crippen LogP contribution is 2.40. The SMILES string of the molecule is CN(C)C(=O)C1(c2cc[c]cc2)CCCCC1. The minimum atomic E-state index is -0.281. The summed E-state index contributed by atoms with van der Waals surface area (Å²) in [7, 11) is 3.71. The van der Waals surface area contributed by atoms with Crippen LogP contribution in [0.25, 0.3) is 0 Å². The van der Waals surface area contributed by atoms with Gasteiger partial charge in [-0.3, -0.25) is 4.79 Å². The van der Waals surface area contributed by atoms with Crippen LogP contribution in [0, 0.1) is 6.07 Å². The molecular weight excluding hydrogens is 210 g/mol. The molecule has 0 bridgehead atoms. The summed E-state index contributed by atoms with van der Waals surface area (Å²) >= 11 is 0. The number of amides is 1. The maximum absolute atomic E-state index is 12.5. The fraction of sp³-hybridized carbons (Fsp3) is 0.533. The summed E-state index contributed by atoms with van der Waals surface area (Å²) in [5, 5.41) is 0. The van der Waals surface area contributed by atoms with Gasteiger partial charge in [0.2, 0.25) is 5.91 Å². The Morgan fingerprint density at radius 1 is 1.18 bits per heavy atom. The highest BCUT2D eigenvalue weighted by atomic mass is 16.2. The zero-order chi connectivity index (χ0) is 12.3. The van der Waals surface area contributed by atoms with E-state index < -0.39 is 0 Å². The van der Waals surface area contributed by atoms with Crippen molar-refractivity contribution < 1.29 is 4.79 Å². The van der Waals surface area contributed by atoms with Crippen LogP contribution in [0.1, 0.15) is 37.7 Å². The van der Waals surface area contributed by atoms with Crippen molar-refractivity contribution >= 4 is 5.91 Å². The number of likely N-dealkylation sites (N-methyl/N-ethyl adjacent to an activating group) is 1. The van der Waals surface area contributed by atoms with Gasteiger partial charge in [0.1, 0.15) is 0 Å². The lowest BCUT2D eigenvalue weighted by molar-refractivity contribution is -0.136. The molecule has 1 fully saturated rings. The third-order valence-electron chi connectivity index (χ3n) is 3.79. The van der Waals surface area contributed by atoms with Gasteiger partial charge in [0.05, 0.1) is 5.41 Å². The van der Waals surface area contributed by atoms with Crippen LogP contribution in [0.15, 0.2) is 24.3 Å². The summed E-state index contributed by atoms with van der Waals surface area (Å²) in [6.07, 6.45) is 5.51. The lowest BCUT2D eigenvalue weighted by atomic mass is 9.68. The Morgan fingerprint density at radius 2 is 1.76 bits per heavy atom. The van der Waals surface area contributed by atoms with E-state index in [1.54, 1.807) is 4.90 Å². The van der Waals surface area contributed by atoms with E-state index >= 15 is 0 Å². The number of rotatable bonds is 2. The van der Waals surface area contributed by atoms with Gasteiger partial charge in [-0.25, -0.2) is 0 Å². The maximum Gasteiger partial charge on any atom is 0.232 e. The fourth-order valence-corrected chi connectivity index (χ4v) is 2.92. The Labute approximate surface area is 104 Å². The molecule has 2 nitrogen and oxygen atoms in total. The average Bonchev–Trinajstić information content (AvgIpc) is 2.39. The van der Waals surface area contributed by atoms with Gasteiger partial charge < -0.3 is 4.90 Å². The monoisotopic (exact) mass is 230 g/mol. The Balaban J connectivity index is 2.40. The van der Waals surface area contributed by atoms with Crippen LogP contribution in [0.4, 0.5) is 0 Å². The van der Waals surface area contributed by atoms with Crippen LogP contribution in [0.5, 0.6) is 0 Å². The molecule has 91 valence electrons. The van der Waals surface area contributed by atoms with E-state index in [0.29, 0.717) is 0 Å². The predicted octanol–water partition coefficient (Wildman–Crippen LogP) is 2.78. The molecule has 2 rings (SSSR count). The summed E-state index contributed by atoms with van der Waals surface area (Å²) in [6.45, 7) is 0. The van der Waals surface area contributed by atoms with Gasteiger partial charge in [-0.2, -0.15) is 0 Å². The van der Waals surface area contributed by atoms with Gasteiger partial charge >= 0.3 is 0 Å². The van der Waals surface area contributed by atoms with E-state index in [-0.39, 0.29) is 11.3 Å². The van der Waals surface area contributed by atoms with Gasteiger partial charge in [-0.05, 0) is 24.5 Å². The first-order chi connectivity index (χ1) is 8.17. The molecule has 1 saturated carbocycles. The minimum Gasteiger partial charge on any atom is -0.348 e.